The molecule has 0 spiro atoms. The first-order chi connectivity index (χ1) is 12.0. The van der Waals surface area contributed by atoms with Crippen molar-refractivity contribution in [3.05, 3.63) is 12.2 Å². The number of rotatable bonds is 0. The van der Waals surface area contributed by atoms with E-state index in [0.717, 1.165) is 0 Å². The number of fused-ring (bicyclic) bond motifs is 2. The van der Waals surface area contributed by atoms with Gasteiger partial charge in [-0.2, -0.15) is 0 Å². The summed E-state index contributed by atoms with van der Waals surface area (Å²) < 4.78 is 5.57. The van der Waals surface area contributed by atoms with Crippen LogP contribution in [-0.4, -0.2) is 68.1 Å². The van der Waals surface area contributed by atoms with Gasteiger partial charge >= 0.3 is 5.97 Å². The van der Waals surface area contributed by atoms with Crippen molar-refractivity contribution in [2.24, 2.45) is 34.5 Å². The fourth-order valence-electron chi connectivity index (χ4n) is 7.16. The summed E-state index contributed by atoms with van der Waals surface area (Å²) in [4.78, 5) is 12.6. The summed E-state index contributed by atoms with van der Waals surface area (Å²) in [5, 5.41) is 54.1. The Morgan fingerprint density at radius 1 is 1.00 bits per heavy atom. The first kappa shape index (κ1) is 18.4. The van der Waals surface area contributed by atoms with Crippen molar-refractivity contribution in [3.63, 3.8) is 0 Å². The zero-order chi connectivity index (χ0) is 19.3. The number of hydrogen-bond acceptors (Lipinski definition) is 7. The van der Waals surface area contributed by atoms with E-state index in [1.807, 2.05) is 0 Å². The number of ether oxygens (including phenoxy) is 1. The molecular formula is C19H28O7. The maximum absolute atomic E-state index is 12.6. The third kappa shape index (κ3) is 1.79. The van der Waals surface area contributed by atoms with Gasteiger partial charge in [0, 0.05) is 22.7 Å². The Bertz CT molecular complexity index is 664. The molecule has 1 aliphatic heterocycles. The summed E-state index contributed by atoms with van der Waals surface area (Å²) >= 11 is 0. The number of hydrogen-bond donors (Lipinski definition) is 5. The average molecular weight is 368 g/mol. The molecule has 3 saturated carbocycles. The van der Waals surface area contributed by atoms with Crippen LogP contribution in [0.1, 0.15) is 27.2 Å². The van der Waals surface area contributed by atoms with Crippen LogP contribution in [0.5, 0.6) is 0 Å². The molecule has 146 valence electrons. The van der Waals surface area contributed by atoms with E-state index in [9.17, 15) is 30.3 Å². The van der Waals surface area contributed by atoms with Crippen LogP contribution in [-0.2, 0) is 9.53 Å². The largest absolute Gasteiger partial charge is 0.459 e. The van der Waals surface area contributed by atoms with Gasteiger partial charge in [0.15, 0.2) is 0 Å². The molecule has 4 fully saturated rings. The van der Waals surface area contributed by atoms with Crippen molar-refractivity contribution in [1.29, 1.82) is 0 Å². The Balaban J connectivity index is 1.97. The minimum Gasteiger partial charge on any atom is -0.459 e. The van der Waals surface area contributed by atoms with Crippen LogP contribution in [0.25, 0.3) is 0 Å². The van der Waals surface area contributed by atoms with Gasteiger partial charge in [0.2, 0.25) is 0 Å². The molecule has 26 heavy (non-hydrogen) atoms. The molecule has 7 heteroatoms. The highest BCUT2D eigenvalue weighted by Crippen LogP contribution is 2.69. The van der Waals surface area contributed by atoms with E-state index in [-0.39, 0.29) is 6.42 Å². The van der Waals surface area contributed by atoms with Gasteiger partial charge in [0.25, 0.3) is 0 Å². The zero-order valence-electron chi connectivity index (χ0n) is 15.2. The van der Waals surface area contributed by atoms with Gasteiger partial charge in [0.05, 0.1) is 36.4 Å². The summed E-state index contributed by atoms with van der Waals surface area (Å²) in [5.74, 6) is -3.17. The molecule has 0 radical (unpaired) electrons. The standard InChI is InChI=1S/C19H28O7/c1-6-5-8(20)15(24)18(3)9(6)12(22)16-19(4)10(17(25)26-16)7(2)11(21)13(23)14(18)19/h7-16,20-24H,1,5H2,2-4H3/t7-,8+,9+,10-,11-,12-,13+,14+,15-,16-,18+,19+/m1/s1. The van der Waals surface area contributed by atoms with Gasteiger partial charge < -0.3 is 30.3 Å². The van der Waals surface area contributed by atoms with E-state index in [1.54, 1.807) is 20.8 Å². The monoisotopic (exact) mass is 368 g/mol. The molecule has 0 aromatic heterocycles. The van der Waals surface area contributed by atoms with E-state index < -0.39 is 77.1 Å². The van der Waals surface area contributed by atoms with Gasteiger partial charge in [-0.25, -0.2) is 0 Å². The highest BCUT2D eigenvalue weighted by atomic mass is 16.6. The minimum atomic E-state index is -1.23. The van der Waals surface area contributed by atoms with Crippen molar-refractivity contribution in [3.8, 4) is 0 Å². The number of carbonyl (C=O) groups excluding carboxylic acids is 1. The lowest BCUT2D eigenvalue weighted by Gasteiger charge is -2.66. The van der Waals surface area contributed by atoms with Gasteiger partial charge in [-0.05, 0) is 12.3 Å². The molecule has 0 aromatic carbocycles. The molecule has 0 bridgehead atoms. The molecule has 1 saturated heterocycles. The van der Waals surface area contributed by atoms with Crippen LogP contribution in [0, 0.1) is 34.5 Å². The van der Waals surface area contributed by atoms with Crippen molar-refractivity contribution in [2.75, 3.05) is 0 Å². The Labute approximate surface area is 152 Å². The maximum Gasteiger partial charge on any atom is 0.310 e. The molecule has 1 heterocycles. The van der Waals surface area contributed by atoms with E-state index in [4.69, 9.17) is 4.74 Å². The molecule has 0 amide bonds. The van der Waals surface area contributed by atoms with Crippen LogP contribution < -0.4 is 0 Å². The minimum absolute atomic E-state index is 0.126. The lowest BCUT2D eigenvalue weighted by atomic mass is 9.38. The number of carbonyl (C=O) groups is 1. The molecule has 12 atom stereocenters. The molecule has 4 aliphatic rings. The summed E-state index contributed by atoms with van der Waals surface area (Å²) in [6, 6.07) is 0. The smallest absolute Gasteiger partial charge is 0.310 e. The average Bonchev–Trinajstić information content (AvgIpc) is 2.81. The number of esters is 1. The first-order valence-corrected chi connectivity index (χ1v) is 9.27. The van der Waals surface area contributed by atoms with E-state index >= 15 is 0 Å². The van der Waals surface area contributed by atoms with Gasteiger partial charge in [-0.1, -0.05) is 32.9 Å². The van der Waals surface area contributed by atoms with Crippen molar-refractivity contribution >= 4 is 5.97 Å². The topological polar surface area (TPSA) is 127 Å². The number of aliphatic hydroxyl groups is 5. The lowest BCUT2D eigenvalue weighted by molar-refractivity contribution is -0.283. The Hall–Kier alpha value is -0.990. The molecule has 7 nitrogen and oxygen atoms in total. The molecule has 4 rings (SSSR count). The number of aliphatic hydroxyl groups excluding tert-OH is 5. The van der Waals surface area contributed by atoms with Crippen molar-refractivity contribution < 1.29 is 35.1 Å². The van der Waals surface area contributed by atoms with Gasteiger partial charge in [-0.3, -0.25) is 4.79 Å². The summed E-state index contributed by atoms with van der Waals surface area (Å²) in [7, 11) is 0. The van der Waals surface area contributed by atoms with E-state index in [2.05, 4.69) is 6.58 Å². The lowest BCUT2D eigenvalue weighted by Crippen LogP contribution is -2.75. The Morgan fingerprint density at radius 3 is 2.23 bits per heavy atom. The SMILES string of the molecule is C=C1C[C@H](O)[C@@H](O)[C@]2(C)[C@@H]3[C@@H](O)[C@H](O)[C@H](C)[C@@H]4C(=O)O[C@H]([C@H](O)[C@H]12)[C@]34C. The summed E-state index contributed by atoms with van der Waals surface area (Å²) in [6.45, 7) is 9.16. The second-order valence-electron chi connectivity index (χ2n) is 9.23. The van der Waals surface area contributed by atoms with Gasteiger partial charge in [-0.15, -0.1) is 0 Å². The van der Waals surface area contributed by atoms with Crippen molar-refractivity contribution in [1.82, 2.24) is 0 Å². The van der Waals surface area contributed by atoms with Crippen LogP contribution in [0.15, 0.2) is 12.2 Å². The highest BCUT2D eigenvalue weighted by Gasteiger charge is 2.77. The van der Waals surface area contributed by atoms with E-state index in [0.29, 0.717) is 5.57 Å². The fraction of sp³-hybridized carbons (Fsp3) is 0.842. The molecule has 3 aliphatic carbocycles. The normalized spacial score (nSPS) is 61.7. The molecule has 0 unspecified atom stereocenters. The van der Waals surface area contributed by atoms with Crippen LogP contribution in [0.2, 0.25) is 0 Å². The van der Waals surface area contributed by atoms with E-state index in [1.165, 1.54) is 0 Å². The first-order valence-electron chi connectivity index (χ1n) is 9.27. The molecular weight excluding hydrogens is 340 g/mol. The van der Waals surface area contributed by atoms with Crippen LogP contribution >= 0.6 is 0 Å². The fourth-order valence-corrected chi connectivity index (χ4v) is 7.16. The Kier molecular flexibility index (Phi) is 3.74. The predicted octanol–water partition coefficient (Wildman–Crippen LogP) is -0.799. The molecule has 0 aromatic rings. The van der Waals surface area contributed by atoms with Gasteiger partial charge in [0.1, 0.15) is 6.10 Å². The Morgan fingerprint density at radius 2 is 1.62 bits per heavy atom. The second-order valence-corrected chi connectivity index (χ2v) is 9.23. The summed E-state index contributed by atoms with van der Waals surface area (Å²) in [5.41, 5.74) is -1.58. The summed E-state index contributed by atoms with van der Waals surface area (Å²) in [6.07, 6.45) is -6.54. The second kappa shape index (κ2) is 5.29. The van der Waals surface area contributed by atoms with Crippen LogP contribution in [0.3, 0.4) is 0 Å². The zero-order valence-corrected chi connectivity index (χ0v) is 15.2. The predicted molar refractivity (Wildman–Crippen MR) is 89.5 cm³/mol. The molecule has 5 N–H and O–H groups in total. The van der Waals surface area contributed by atoms with Crippen molar-refractivity contribution in [2.45, 2.75) is 63.8 Å². The highest BCUT2D eigenvalue weighted by molar-refractivity contribution is 5.77. The third-order valence-corrected chi connectivity index (χ3v) is 8.11. The quantitative estimate of drug-likeness (QED) is 0.280. The van der Waals surface area contributed by atoms with Crippen LogP contribution in [0.4, 0.5) is 0 Å². The maximum atomic E-state index is 12.6. The third-order valence-electron chi connectivity index (χ3n) is 8.11.